The number of hydrogen-bond acceptors (Lipinski definition) is 4. The van der Waals surface area contributed by atoms with Gasteiger partial charge < -0.3 is 14.9 Å². The number of aryl methyl sites for hydroxylation is 2. The molecule has 1 heterocycles. The van der Waals surface area contributed by atoms with Crippen LogP contribution in [0.1, 0.15) is 37.8 Å². The number of aromatic nitrogens is 1. The largest absolute Gasteiger partial charge is 0.391 e. The average molecular weight is 240 g/mol. The predicted octanol–water partition coefficient (Wildman–Crippen LogP) is 1.11. The van der Waals surface area contributed by atoms with Crippen LogP contribution in [-0.2, 0) is 11.2 Å². The second-order valence-corrected chi connectivity index (χ2v) is 4.93. The second kappa shape index (κ2) is 4.87. The molecule has 0 bridgehead atoms. The first-order valence-corrected chi connectivity index (χ1v) is 5.65. The van der Waals surface area contributed by atoms with Gasteiger partial charge in [0, 0.05) is 5.56 Å². The SMILES string of the molecule is Cc1noc(C)c1CC(=O)NC(C)(C)C(C)O. The molecule has 96 valence electrons. The zero-order valence-corrected chi connectivity index (χ0v) is 11.0. The van der Waals surface area contributed by atoms with Gasteiger partial charge in [-0.15, -0.1) is 0 Å². The molecule has 17 heavy (non-hydrogen) atoms. The summed E-state index contributed by atoms with van der Waals surface area (Å²) >= 11 is 0. The van der Waals surface area contributed by atoms with Gasteiger partial charge in [-0.3, -0.25) is 4.79 Å². The quantitative estimate of drug-likeness (QED) is 0.826. The lowest BCUT2D eigenvalue weighted by molar-refractivity contribution is -0.123. The van der Waals surface area contributed by atoms with Crippen LogP contribution >= 0.6 is 0 Å². The number of aliphatic hydroxyl groups excluding tert-OH is 1. The van der Waals surface area contributed by atoms with E-state index in [1.54, 1.807) is 34.6 Å². The number of aliphatic hydroxyl groups is 1. The molecule has 0 aliphatic rings. The van der Waals surface area contributed by atoms with Gasteiger partial charge in [-0.2, -0.15) is 0 Å². The molecule has 0 saturated heterocycles. The minimum Gasteiger partial charge on any atom is -0.391 e. The van der Waals surface area contributed by atoms with Crippen molar-refractivity contribution in [2.45, 2.75) is 52.7 Å². The van der Waals surface area contributed by atoms with Crippen molar-refractivity contribution in [1.29, 1.82) is 0 Å². The number of nitrogens with zero attached hydrogens (tertiary/aromatic N) is 1. The van der Waals surface area contributed by atoms with Crippen LogP contribution < -0.4 is 5.32 Å². The highest BCUT2D eigenvalue weighted by Crippen LogP contribution is 2.14. The van der Waals surface area contributed by atoms with E-state index in [-0.39, 0.29) is 12.3 Å². The standard InChI is InChI=1S/C12H20N2O3/c1-7-10(8(2)17-14-7)6-11(16)13-12(4,5)9(3)15/h9,15H,6H2,1-5H3,(H,13,16). The molecule has 0 saturated carbocycles. The fourth-order valence-electron chi connectivity index (χ4n) is 1.42. The lowest BCUT2D eigenvalue weighted by atomic mass is 9.98. The van der Waals surface area contributed by atoms with Crippen molar-refractivity contribution in [3.05, 3.63) is 17.0 Å². The van der Waals surface area contributed by atoms with E-state index >= 15 is 0 Å². The Labute approximate surface area is 101 Å². The highest BCUT2D eigenvalue weighted by atomic mass is 16.5. The third-order valence-corrected chi connectivity index (χ3v) is 3.02. The van der Waals surface area contributed by atoms with Crippen molar-refractivity contribution < 1.29 is 14.4 Å². The lowest BCUT2D eigenvalue weighted by Gasteiger charge is -2.29. The van der Waals surface area contributed by atoms with Crippen LogP contribution in [-0.4, -0.2) is 27.8 Å². The van der Waals surface area contributed by atoms with E-state index in [4.69, 9.17) is 4.52 Å². The topological polar surface area (TPSA) is 75.4 Å². The molecule has 1 unspecified atom stereocenters. The third-order valence-electron chi connectivity index (χ3n) is 3.02. The molecule has 1 aromatic rings. The molecular formula is C12H20N2O3. The molecule has 0 fully saturated rings. The monoisotopic (exact) mass is 240 g/mol. The van der Waals surface area contributed by atoms with Crippen LogP contribution in [0, 0.1) is 13.8 Å². The summed E-state index contributed by atoms with van der Waals surface area (Å²) in [6.45, 7) is 8.79. The number of hydrogen-bond donors (Lipinski definition) is 2. The molecule has 0 aliphatic heterocycles. The van der Waals surface area contributed by atoms with Crippen molar-refractivity contribution in [2.75, 3.05) is 0 Å². The van der Waals surface area contributed by atoms with Crippen LogP contribution in [0.4, 0.5) is 0 Å². The van der Waals surface area contributed by atoms with Crippen LogP contribution in [0.15, 0.2) is 4.52 Å². The number of amides is 1. The van der Waals surface area contributed by atoms with Gasteiger partial charge in [0.15, 0.2) is 0 Å². The van der Waals surface area contributed by atoms with Crippen molar-refractivity contribution in [3.8, 4) is 0 Å². The molecule has 1 rings (SSSR count). The van der Waals surface area contributed by atoms with Crippen LogP contribution in [0.2, 0.25) is 0 Å². The van der Waals surface area contributed by atoms with E-state index in [1.165, 1.54) is 0 Å². The maximum Gasteiger partial charge on any atom is 0.225 e. The fraction of sp³-hybridized carbons (Fsp3) is 0.667. The van der Waals surface area contributed by atoms with Gasteiger partial charge in [0.25, 0.3) is 0 Å². The maximum atomic E-state index is 11.8. The van der Waals surface area contributed by atoms with Crippen molar-refractivity contribution in [1.82, 2.24) is 10.5 Å². The summed E-state index contributed by atoms with van der Waals surface area (Å²) in [4.78, 5) is 11.8. The van der Waals surface area contributed by atoms with Crippen molar-refractivity contribution in [3.63, 3.8) is 0 Å². The minimum absolute atomic E-state index is 0.148. The highest BCUT2D eigenvalue weighted by molar-refractivity contribution is 5.79. The molecule has 5 heteroatoms. The Hall–Kier alpha value is -1.36. The highest BCUT2D eigenvalue weighted by Gasteiger charge is 2.26. The van der Waals surface area contributed by atoms with Gasteiger partial charge in [-0.05, 0) is 34.6 Å². The van der Waals surface area contributed by atoms with Crippen molar-refractivity contribution in [2.24, 2.45) is 0 Å². The number of nitrogens with one attached hydrogen (secondary N) is 1. The summed E-state index contributed by atoms with van der Waals surface area (Å²) in [5.41, 5.74) is 0.896. The van der Waals surface area contributed by atoms with Crippen LogP contribution in [0.3, 0.4) is 0 Å². The summed E-state index contributed by atoms with van der Waals surface area (Å²) in [7, 11) is 0. The molecule has 0 spiro atoms. The second-order valence-electron chi connectivity index (χ2n) is 4.93. The number of rotatable bonds is 4. The molecule has 1 atom stereocenters. The zero-order chi connectivity index (χ0) is 13.2. The molecule has 0 radical (unpaired) electrons. The summed E-state index contributed by atoms with van der Waals surface area (Å²) in [5.74, 6) is 0.512. The van der Waals surface area contributed by atoms with Crippen molar-refractivity contribution >= 4 is 5.91 Å². The molecule has 2 N–H and O–H groups in total. The average Bonchev–Trinajstić information content (AvgIpc) is 2.48. The summed E-state index contributed by atoms with van der Waals surface area (Å²) in [5, 5.41) is 16.1. The van der Waals surface area contributed by atoms with E-state index in [0.29, 0.717) is 5.76 Å². The van der Waals surface area contributed by atoms with E-state index in [9.17, 15) is 9.90 Å². The first-order valence-electron chi connectivity index (χ1n) is 5.65. The smallest absolute Gasteiger partial charge is 0.225 e. The van der Waals surface area contributed by atoms with Gasteiger partial charge in [0.2, 0.25) is 5.91 Å². The number of carbonyl (C=O) groups is 1. The van der Waals surface area contributed by atoms with Gasteiger partial charge in [-0.25, -0.2) is 0 Å². The molecule has 5 nitrogen and oxygen atoms in total. The fourth-order valence-corrected chi connectivity index (χ4v) is 1.42. The van der Waals surface area contributed by atoms with Gasteiger partial charge in [0.05, 0.1) is 23.8 Å². The number of carbonyl (C=O) groups excluding carboxylic acids is 1. The zero-order valence-electron chi connectivity index (χ0n) is 11.0. The molecule has 1 amide bonds. The van der Waals surface area contributed by atoms with E-state index in [1.807, 2.05) is 0 Å². The normalized spacial score (nSPS) is 13.5. The van der Waals surface area contributed by atoms with E-state index in [0.717, 1.165) is 11.3 Å². The lowest BCUT2D eigenvalue weighted by Crippen LogP contribution is -2.51. The Bertz CT molecular complexity index is 388. The Morgan fingerprint density at radius 1 is 1.53 bits per heavy atom. The van der Waals surface area contributed by atoms with Gasteiger partial charge in [0.1, 0.15) is 5.76 Å². The third kappa shape index (κ3) is 3.30. The molecule has 0 aromatic carbocycles. The minimum atomic E-state index is -0.643. The molecular weight excluding hydrogens is 220 g/mol. The summed E-state index contributed by atoms with van der Waals surface area (Å²) in [6.07, 6.45) is -0.395. The Morgan fingerprint density at radius 2 is 2.12 bits per heavy atom. The molecule has 0 aliphatic carbocycles. The van der Waals surface area contributed by atoms with E-state index < -0.39 is 11.6 Å². The van der Waals surface area contributed by atoms with Gasteiger partial charge in [-0.1, -0.05) is 5.16 Å². The summed E-state index contributed by atoms with van der Waals surface area (Å²) in [6, 6.07) is 0. The van der Waals surface area contributed by atoms with Crippen LogP contribution in [0.25, 0.3) is 0 Å². The van der Waals surface area contributed by atoms with Crippen LogP contribution in [0.5, 0.6) is 0 Å². The Balaban J connectivity index is 2.69. The Kier molecular flexibility index (Phi) is 3.93. The first kappa shape index (κ1) is 13.7. The van der Waals surface area contributed by atoms with Gasteiger partial charge >= 0.3 is 0 Å². The maximum absolute atomic E-state index is 11.8. The molecule has 1 aromatic heterocycles. The summed E-state index contributed by atoms with van der Waals surface area (Å²) < 4.78 is 4.99. The predicted molar refractivity (Wildman–Crippen MR) is 63.6 cm³/mol. The first-order chi connectivity index (χ1) is 7.74. The van der Waals surface area contributed by atoms with E-state index in [2.05, 4.69) is 10.5 Å². The Morgan fingerprint density at radius 3 is 2.53 bits per heavy atom.